The summed E-state index contributed by atoms with van der Waals surface area (Å²) < 4.78 is 8.55. The summed E-state index contributed by atoms with van der Waals surface area (Å²) in [5.41, 5.74) is -0.623. The van der Waals surface area contributed by atoms with Gasteiger partial charge in [-0.1, -0.05) is 25.5 Å². The molecule has 5 heteroatoms. The highest BCUT2D eigenvalue weighted by Gasteiger charge is 2.32. The molecule has 0 radical (unpaired) electrons. The highest BCUT2D eigenvalue weighted by Crippen LogP contribution is 2.26. The molecule has 0 aromatic rings. The Bertz CT molecular complexity index is 523. The monoisotopic (exact) mass is 336 g/mol. The Hall–Kier alpha value is -1.20. The van der Waals surface area contributed by atoms with E-state index in [0.29, 0.717) is 12.0 Å². The van der Waals surface area contributed by atoms with Crippen LogP contribution in [-0.4, -0.2) is 24.6 Å². The Balaban J connectivity index is 1.89. The summed E-state index contributed by atoms with van der Waals surface area (Å²) in [6, 6.07) is 0.317. The lowest BCUT2D eigenvalue weighted by molar-refractivity contribution is -0.126. The first-order valence-corrected chi connectivity index (χ1v) is 9.10. The van der Waals surface area contributed by atoms with E-state index in [-0.39, 0.29) is 5.91 Å². The summed E-state index contributed by atoms with van der Waals surface area (Å²) in [5.74, 6) is 1.58. The minimum atomic E-state index is -0.623. The van der Waals surface area contributed by atoms with E-state index in [2.05, 4.69) is 23.0 Å². The first-order chi connectivity index (χ1) is 10.9. The summed E-state index contributed by atoms with van der Waals surface area (Å²) in [4.78, 5) is 13.6. The molecule has 2 aliphatic carbocycles. The number of ether oxygens (including phenoxy) is 1. The average Bonchev–Trinajstić information content (AvgIpc) is 2.79. The number of methoxy groups -OCH3 is 1. The first kappa shape index (κ1) is 18.1. The van der Waals surface area contributed by atoms with E-state index in [4.69, 9.17) is 4.74 Å². The van der Waals surface area contributed by atoms with Crippen LogP contribution in [0, 0.1) is 5.92 Å². The molecular formula is C18H28N2O2S. The van der Waals surface area contributed by atoms with Crippen LogP contribution in [0.1, 0.15) is 46.5 Å². The maximum atomic E-state index is 12.5. The van der Waals surface area contributed by atoms with Crippen molar-refractivity contribution in [2.24, 2.45) is 5.92 Å². The lowest BCUT2D eigenvalue weighted by Crippen LogP contribution is -2.53. The van der Waals surface area contributed by atoms with Crippen molar-refractivity contribution >= 4 is 17.9 Å². The van der Waals surface area contributed by atoms with Gasteiger partial charge in [0.25, 0.3) is 0 Å². The molecule has 0 aliphatic heterocycles. The number of hydrogen-bond acceptors (Lipinski definition) is 4. The number of allylic oxidation sites excluding steroid dienone is 4. The third-order valence-electron chi connectivity index (χ3n) is 4.47. The van der Waals surface area contributed by atoms with Gasteiger partial charge in [-0.15, -0.1) is 0 Å². The summed E-state index contributed by atoms with van der Waals surface area (Å²) in [5, 5.41) is 3.20. The number of nitrogens with one attached hydrogen (secondary N) is 2. The standard InChI is InChI=1S/C18H28N2O2S/c1-13-7-5-10-16(13)19-17(21)18(2,3)20-23-15-9-6-8-14(22-4)11-12-15/h6,9,11-13,16,20H,5,7-8,10H2,1-4H3,(H,19,21). The third kappa shape index (κ3) is 5.15. The minimum Gasteiger partial charge on any atom is -0.501 e. The van der Waals surface area contributed by atoms with Gasteiger partial charge in [-0.3, -0.25) is 4.79 Å². The molecule has 1 saturated carbocycles. The largest absolute Gasteiger partial charge is 0.501 e. The van der Waals surface area contributed by atoms with Crippen molar-refractivity contribution in [3.8, 4) is 0 Å². The van der Waals surface area contributed by atoms with Crippen molar-refractivity contribution in [1.82, 2.24) is 10.0 Å². The van der Waals surface area contributed by atoms with Crippen LogP contribution in [0.25, 0.3) is 0 Å². The molecule has 2 atom stereocenters. The van der Waals surface area contributed by atoms with Gasteiger partial charge in [-0.2, -0.15) is 0 Å². The summed E-state index contributed by atoms with van der Waals surface area (Å²) in [7, 11) is 1.68. The van der Waals surface area contributed by atoms with E-state index >= 15 is 0 Å². The van der Waals surface area contributed by atoms with E-state index in [1.807, 2.05) is 32.1 Å². The summed E-state index contributed by atoms with van der Waals surface area (Å²) in [6.07, 6.45) is 12.4. The molecule has 23 heavy (non-hydrogen) atoms. The van der Waals surface area contributed by atoms with Crippen molar-refractivity contribution < 1.29 is 9.53 Å². The van der Waals surface area contributed by atoms with Gasteiger partial charge >= 0.3 is 0 Å². The average molecular weight is 337 g/mol. The second-order valence-electron chi connectivity index (χ2n) is 6.83. The maximum Gasteiger partial charge on any atom is 0.240 e. The van der Waals surface area contributed by atoms with Crippen molar-refractivity contribution in [3.63, 3.8) is 0 Å². The van der Waals surface area contributed by atoms with Gasteiger partial charge in [-0.25, -0.2) is 4.72 Å². The predicted octanol–water partition coefficient (Wildman–Crippen LogP) is 3.68. The fourth-order valence-corrected chi connectivity index (χ4v) is 3.52. The van der Waals surface area contributed by atoms with Gasteiger partial charge in [0.1, 0.15) is 5.54 Å². The van der Waals surface area contributed by atoms with Crippen LogP contribution in [0.3, 0.4) is 0 Å². The molecule has 0 heterocycles. The Morgan fingerprint density at radius 1 is 1.35 bits per heavy atom. The molecule has 2 aliphatic rings. The highest BCUT2D eigenvalue weighted by atomic mass is 32.2. The second kappa shape index (κ2) is 8.06. The smallest absolute Gasteiger partial charge is 0.240 e. The van der Waals surface area contributed by atoms with Crippen LogP contribution in [0.5, 0.6) is 0 Å². The number of carbonyl (C=O) groups excluding carboxylic acids is 1. The van der Waals surface area contributed by atoms with Gasteiger partial charge in [0.05, 0.1) is 12.9 Å². The molecule has 0 aromatic heterocycles. The van der Waals surface area contributed by atoms with Crippen molar-refractivity contribution in [1.29, 1.82) is 0 Å². The maximum absolute atomic E-state index is 12.5. The molecule has 4 nitrogen and oxygen atoms in total. The fraction of sp³-hybridized carbons (Fsp3) is 0.611. The van der Waals surface area contributed by atoms with Crippen LogP contribution in [0.4, 0.5) is 0 Å². The zero-order valence-corrected chi connectivity index (χ0v) is 15.3. The molecule has 0 spiro atoms. The van der Waals surface area contributed by atoms with Crippen LogP contribution in [0.15, 0.2) is 35.0 Å². The molecule has 1 fully saturated rings. The van der Waals surface area contributed by atoms with E-state index in [9.17, 15) is 4.79 Å². The van der Waals surface area contributed by atoms with Gasteiger partial charge in [-0.05, 0) is 56.7 Å². The number of carbonyl (C=O) groups is 1. The molecule has 1 amide bonds. The lowest BCUT2D eigenvalue weighted by Gasteiger charge is -2.28. The lowest BCUT2D eigenvalue weighted by atomic mass is 10.0. The van der Waals surface area contributed by atoms with Crippen LogP contribution in [-0.2, 0) is 9.53 Å². The molecule has 0 saturated heterocycles. The minimum absolute atomic E-state index is 0.0649. The van der Waals surface area contributed by atoms with Crippen LogP contribution >= 0.6 is 11.9 Å². The van der Waals surface area contributed by atoms with Gasteiger partial charge in [0.2, 0.25) is 5.91 Å². The van der Waals surface area contributed by atoms with E-state index < -0.39 is 5.54 Å². The van der Waals surface area contributed by atoms with E-state index in [1.54, 1.807) is 7.11 Å². The zero-order valence-electron chi connectivity index (χ0n) is 14.5. The summed E-state index contributed by atoms with van der Waals surface area (Å²) >= 11 is 1.48. The Morgan fingerprint density at radius 2 is 2.13 bits per heavy atom. The zero-order chi connectivity index (χ0) is 16.9. The molecule has 2 rings (SSSR count). The molecule has 2 N–H and O–H groups in total. The van der Waals surface area contributed by atoms with Gasteiger partial charge < -0.3 is 10.1 Å². The van der Waals surface area contributed by atoms with Crippen molar-refractivity contribution in [2.75, 3.05) is 7.11 Å². The Kier molecular flexibility index (Phi) is 6.36. The van der Waals surface area contributed by atoms with E-state index in [1.165, 1.54) is 24.8 Å². The van der Waals surface area contributed by atoms with Crippen molar-refractivity contribution in [2.45, 2.75) is 58.0 Å². The topological polar surface area (TPSA) is 50.4 Å². The van der Waals surface area contributed by atoms with Crippen LogP contribution < -0.4 is 10.0 Å². The molecular weight excluding hydrogens is 308 g/mol. The number of rotatable bonds is 6. The molecule has 128 valence electrons. The number of hydrogen-bond donors (Lipinski definition) is 2. The first-order valence-electron chi connectivity index (χ1n) is 8.29. The van der Waals surface area contributed by atoms with Gasteiger partial charge in [0, 0.05) is 17.4 Å². The number of amides is 1. The molecule has 2 unspecified atom stereocenters. The fourth-order valence-electron chi connectivity index (χ4n) is 2.75. The van der Waals surface area contributed by atoms with E-state index in [0.717, 1.165) is 23.5 Å². The molecule has 0 aromatic carbocycles. The second-order valence-corrected chi connectivity index (χ2v) is 7.71. The summed E-state index contributed by atoms with van der Waals surface area (Å²) in [6.45, 7) is 6.06. The SMILES string of the molecule is COC1=CC=C(SNC(C)(C)C(=O)NC2CCCC2C)C=CC1. The van der Waals surface area contributed by atoms with Crippen LogP contribution in [0.2, 0.25) is 0 Å². The highest BCUT2D eigenvalue weighted by molar-refractivity contribution is 8.01. The Morgan fingerprint density at radius 3 is 2.78 bits per heavy atom. The molecule has 0 bridgehead atoms. The third-order valence-corrected chi connectivity index (χ3v) is 5.59. The predicted molar refractivity (Wildman–Crippen MR) is 96.7 cm³/mol. The Labute approximate surface area is 143 Å². The van der Waals surface area contributed by atoms with Crippen molar-refractivity contribution in [3.05, 3.63) is 35.0 Å². The normalized spacial score (nSPS) is 24.7. The van der Waals surface area contributed by atoms with Gasteiger partial charge in [0.15, 0.2) is 0 Å². The quantitative estimate of drug-likeness (QED) is 0.727.